The summed E-state index contributed by atoms with van der Waals surface area (Å²) in [5.74, 6) is -1.37. The van der Waals surface area contributed by atoms with E-state index in [1.54, 1.807) is 6.92 Å². The van der Waals surface area contributed by atoms with Crippen molar-refractivity contribution in [2.75, 3.05) is 0 Å². The molecule has 18 heavy (non-hydrogen) atoms. The van der Waals surface area contributed by atoms with E-state index in [1.807, 2.05) is 0 Å². The van der Waals surface area contributed by atoms with Crippen LogP contribution in [-0.4, -0.2) is 32.1 Å². The number of nitrogens with one attached hydrogen (secondary N) is 1. The predicted molar refractivity (Wildman–Crippen MR) is 59.3 cm³/mol. The third kappa shape index (κ3) is 2.69. The number of hydrogen-bond acceptors (Lipinski definition) is 7. The van der Waals surface area contributed by atoms with Gasteiger partial charge in [0.15, 0.2) is 5.69 Å². The van der Waals surface area contributed by atoms with E-state index in [4.69, 9.17) is 5.11 Å². The number of aromatic carboxylic acids is 1. The SMILES string of the molecule is Cc1nc(C(=O)NCc2nc(C(=O)O)cs2)no1. The molecule has 2 heterocycles. The molecule has 0 saturated heterocycles. The van der Waals surface area contributed by atoms with Crippen molar-refractivity contribution >= 4 is 23.2 Å². The lowest BCUT2D eigenvalue weighted by Crippen LogP contribution is -2.24. The molecule has 0 aliphatic rings. The lowest BCUT2D eigenvalue weighted by atomic mass is 10.5. The quantitative estimate of drug-likeness (QED) is 0.826. The van der Waals surface area contributed by atoms with E-state index < -0.39 is 11.9 Å². The van der Waals surface area contributed by atoms with E-state index in [9.17, 15) is 9.59 Å². The van der Waals surface area contributed by atoms with E-state index in [0.717, 1.165) is 11.3 Å². The van der Waals surface area contributed by atoms with Crippen molar-refractivity contribution in [1.82, 2.24) is 20.4 Å². The smallest absolute Gasteiger partial charge is 0.355 e. The number of rotatable bonds is 4. The molecule has 2 rings (SSSR count). The summed E-state index contributed by atoms with van der Waals surface area (Å²) < 4.78 is 4.66. The normalized spacial score (nSPS) is 10.3. The van der Waals surface area contributed by atoms with Gasteiger partial charge in [0.2, 0.25) is 5.89 Å². The average Bonchev–Trinajstić information content (AvgIpc) is 2.94. The van der Waals surface area contributed by atoms with Crippen LogP contribution in [0, 0.1) is 6.92 Å². The maximum absolute atomic E-state index is 11.5. The summed E-state index contributed by atoms with van der Waals surface area (Å²) in [6, 6.07) is 0. The first kappa shape index (κ1) is 12.2. The highest BCUT2D eigenvalue weighted by molar-refractivity contribution is 7.09. The molecule has 9 heteroatoms. The van der Waals surface area contributed by atoms with Crippen LogP contribution in [0.3, 0.4) is 0 Å². The summed E-state index contributed by atoms with van der Waals surface area (Å²) in [6.45, 7) is 1.69. The van der Waals surface area contributed by atoms with E-state index >= 15 is 0 Å². The fourth-order valence-electron chi connectivity index (χ4n) is 1.12. The van der Waals surface area contributed by atoms with Gasteiger partial charge in [-0.15, -0.1) is 11.3 Å². The van der Waals surface area contributed by atoms with Crippen LogP contribution in [0.5, 0.6) is 0 Å². The molecule has 0 aliphatic heterocycles. The summed E-state index contributed by atoms with van der Waals surface area (Å²) in [7, 11) is 0. The van der Waals surface area contributed by atoms with E-state index in [-0.39, 0.29) is 18.1 Å². The molecular formula is C9H8N4O4S. The topological polar surface area (TPSA) is 118 Å². The Balaban J connectivity index is 1.95. The van der Waals surface area contributed by atoms with Crippen LogP contribution in [0.15, 0.2) is 9.90 Å². The zero-order valence-electron chi connectivity index (χ0n) is 9.21. The van der Waals surface area contributed by atoms with Crippen molar-refractivity contribution < 1.29 is 19.2 Å². The van der Waals surface area contributed by atoms with Gasteiger partial charge in [-0.2, -0.15) is 4.98 Å². The van der Waals surface area contributed by atoms with Crippen LogP contribution in [0.1, 0.15) is 32.0 Å². The molecule has 0 atom stereocenters. The van der Waals surface area contributed by atoms with Crippen LogP contribution in [0.25, 0.3) is 0 Å². The Labute approximate surface area is 105 Å². The van der Waals surface area contributed by atoms with Crippen LogP contribution in [0.4, 0.5) is 0 Å². The van der Waals surface area contributed by atoms with Crippen LogP contribution in [0.2, 0.25) is 0 Å². The molecule has 0 spiro atoms. The van der Waals surface area contributed by atoms with E-state index in [1.165, 1.54) is 5.38 Å². The number of carboxylic acid groups (broad SMARTS) is 1. The zero-order valence-corrected chi connectivity index (χ0v) is 10.0. The molecule has 94 valence electrons. The molecule has 0 bridgehead atoms. The number of carbonyl (C=O) groups is 2. The first-order valence-electron chi connectivity index (χ1n) is 4.82. The van der Waals surface area contributed by atoms with E-state index in [0.29, 0.717) is 10.9 Å². The first-order valence-corrected chi connectivity index (χ1v) is 5.70. The van der Waals surface area contributed by atoms with Gasteiger partial charge in [-0.25, -0.2) is 9.78 Å². The second-order valence-electron chi connectivity index (χ2n) is 3.25. The molecule has 0 unspecified atom stereocenters. The van der Waals surface area contributed by atoms with Crippen molar-refractivity contribution in [3.8, 4) is 0 Å². The zero-order chi connectivity index (χ0) is 13.1. The lowest BCUT2D eigenvalue weighted by molar-refractivity contribution is 0.0691. The Bertz CT molecular complexity index is 591. The van der Waals surface area contributed by atoms with Gasteiger partial charge in [-0.1, -0.05) is 5.16 Å². The Morgan fingerprint density at radius 3 is 2.83 bits per heavy atom. The highest BCUT2D eigenvalue weighted by Gasteiger charge is 2.14. The fraction of sp³-hybridized carbons (Fsp3) is 0.222. The second kappa shape index (κ2) is 4.92. The molecule has 0 radical (unpaired) electrons. The van der Waals surface area contributed by atoms with E-state index in [2.05, 4.69) is 25.0 Å². The summed E-state index contributed by atoms with van der Waals surface area (Å²) in [6.07, 6.45) is 0. The average molecular weight is 268 g/mol. The predicted octanol–water partition coefficient (Wildman–Crippen LogP) is 0.463. The van der Waals surface area contributed by atoms with Crippen molar-refractivity contribution in [3.05, 3.63) is 27.8 Å². The molecular weight excluding hydrogens is 260 g/mol. The van der Waals surface area contributed by atoms with Gasteiger partial charge in [0.05, 0.1) is 6.54 Å². The van der Waals surface area contributed by atoms with Gasteiger partial charge in [0, 0.05) is 12.3 Å². The van der Waals surface area contributed by atoms with Gasteiger partial charge >= 0.3 is 5.97 Å². The van der Waals surface area contributed by atoms with Crippen LogP contribution < -0.4 is 5.32 Å². The monoisotopic (exact) mass is 268 g/mol. The summed E-state index contributed by atoms with van der Waals surface area (Å²) in [5.41, 5.74) is -0.0420. The number of amides is 1. The molecule has 0 aliphatic carbocycles. The number of thiazole rings is 1. The minimum absolute atomic E-state index is 0.0420. The minimum atomic E-state index is -1.10. The van der Waals surface area contributed by atoms with Crippen molar-refractivity contribution in [1.29, 1.82) is 0 Å². The van der Waals surface area contributed by atoms with Gasteiger partial charge in [0.25, 0.3) is 11.7 Å². The number of hydrogen-bond donors (Lipinski definition) is 2. The fourth-order valence-corrected chi connectivity index (χ4v) is 1.82. The summed E-state index contributed by atoms with van der Waals surface area (Å²) >= 11 is 1.15. The molecule has 8 nitrogen and oxygen atoms in total. The molecule has 2 N–H and O–H groups in total. The number of carboxylic acids is 1. The largest absolute Gasteiger partial charge is 0.476 e. The standard InChI is InChI=1S/C9H8N4O4S/c1-4-11-7(13-17-4)8(14)10-2-6-12-5(3-18-6)9(15)16/h3H,2H2,1H3,(H,10,14)(H,15,16). The maximum atomic E-state index is 11.5. The third-order valence-corrected chi connectivity index (χ3v) is 2.75. The van der Waals surface area contributed by atoms with Gasteiger partial charge < -0.3 is 14.9 Å². The van der Waals surface area contributed by atoms with Crippen LogP contribution >= 0.6 is 11.3 Å². The number of aromatic nitrogens is 3. The Morgan fingerprint density at radius 1 is 1.50 bits per heavy atom. The molecule has 0 saturated carbocycles. The Morgan fingerprint density at radius 2 is 2.28 bits per heavy atom. The molecule has 1 amide bonds. The third-order valence-electron chi connectivity index (χ3n) is 1.90. The molecule has 2 aromatic rings. The highest BCUT2D eigenvalue weighted by Crippen LogP contribution is 2.09. The maximum Gasteiger partial charge on any atom is 0.355 e. The molecule has 0 aromatic carbocycles. The Hall–Kier alpha value is -2.29. The first-order chi connectivity index (χ1) is 8.56. The summed E-state index contributed by atoms with van der Waals surface area (Å²) in [5, 5.41) is 16.5. The number of aryl methyl sites for hydroxylation is 1. The highest BCUT2D eigenvalue weighted by atomic mass is 32.1. The Kier molecular flexibility index (Phi) is 3.33. The van der Waals surface area contributed by atoms with Gasteiger partial charge in [-0.3, -0.25) is 4.79 Å². The minimum Gasteiger partial charge on any atom is -0.476 e. The van der Waals surface area contributed by atoms with Crippen LogP contribution in [-0.2, 0) is 6.54 Å². The second-order valence-corrected chi connectivity index (χ2v) is 4.19. The number of carbonyl (C=O) groups excluding carboxylic acids is 1. The molecule has 0 fully saturated rings. The van der Waals surface area contributed by atoms with Crippen molar-refractivity contribution in [2.45, 2.75) is 13.5 Å². The van der Waals surface area contributed by atoms with Crippen molar-refractivity contribution in [3.63, 3.8) is 0 Å². The molecule has 2 aromatic heterocycles. The van der Waals surface area contributed by atoms with Gasteiger partial charge in [0.1, 0.15) is 5.01 Å². The summed E-state index contributed by atoms with van der Waals surface area (Å²) in [4.78, 5) is 29.7. The van der Waals surface area contributed by atoms with Crippen molar-refractivity contribution in [2.24, 2.45) is 0 Å². The van der Waals surface area contributed by atoms with Gasteiger partial charge in [-0.05, 0) is 0 Å². The lowest BCUT2D eigenvalue weighted by Gasteiger charge is -1.97. The number of nitrogens with zero attached hydrogens (tertiary/aromatic N) is 3.